The molecule has 0 heterocycles. The average Bonchev–Trinajstić information content (AvgIpc) is 2.04. The number of thioether (sulfide) groups is 1. The zero-order valence-electron chi connectivity index (χ0n) is 7.89. The van der Waals surface area contributed by atoms with Gasteiger partial charge in [0.2, 0.25) is 0 Å². The van der Waals surface area contributed by atoms with Gasteiger partial charge in [0, 0.05) is 5.75 Å². The maximum absolute atomic E-state index is 2.21. The monoisotopic (exact) mass is 171 g/mol. The molecule has 0 aliphatic rings. The summed E-state index contributed by atoms with van der Waals surface area (Å²) >= 11 is 1.92. The first-order valence-corrected chi connectivity index (χ1v) is 5.37. The standard InChI is InChI=1S/C10H19S/c1-4-10(3)8-6-7-9-11-5-2/h4-5H,6-9H2,1-3H3/b10-4+. The summed E-state index contributed by atoms with van der Waals surface area (Å²) < 4.78 is 0. The summed E-state index contributed by atoms with van der Waals surface area (Å²) in [6, 6.07) is 0. The number of unbranched alkanes of at least 4 members (excludes halogenated alkanes) is 1. The van der Waals surface area contributed by atoms with E-state index in [9.17, 15) is 0 Å². The summed E-state index contributed by atoms with van der Waals surface area (Å²) in [6.45, 7) is 6.42. The molecular weight excluding hydrogens is 152 g/mol. The lowest BCUT2D eigenvalue weighted by Crippen LogP contribution is -1.81. The molecule has 0 bridgehead atoms. The lowest BCUT2D eigenvalue weighted by molar-refractivity contribution is 0.794. The molecule has 1 radical (unpaired) electrons. The second-order valence-electron chi connectivity index (χ2n) is 2.70. The van der Waals surface area contributed by atoms with E-state index in [0.29, 0.717) is 0 Å². The van der Waals surface area contributed by atoms with Crippen LogP contribution < -0.4 is 0 Å². The van der Waals surface area contributed by atoms with E-state index in [4.69, 9.17) is 0 Å². The van der Waals surface area contributed by atoms with Crippen LogP contribution >= 0.6 is 11.8 Å². The Hall–Kier alpha value is 0.0900. The van der Waals surface area contributed by atoms with Gasteiger partial charge in [0.25, 0.3) is 0 Å². The first kappa shape index (κ1) is 11.1. The molecule has 0 nitrogen and oxygen atoms in total. The van der Waals surface area contributed by atoms with Gasteiger partial charge in [0.1, 0.15) is 0 Å². The van der Waals surface area contributed by atoms with Gasteiger partial charge in [-0.1, -0.05) is 18.6 Å². The van der Waals surface area contributed by atoms with Crippen molar-refractivity contribution in [2.24, 2.45) is 0 Å². The predicted molar refractivity (Wildman–Crippen MR) is 55.7 cm³/mol. The Balaban J connectivity index is 3.02. The first-order chi connectivity index (χ1) is 5.31. The lowest BCUT2D eigenvalue weighted by Gasteiger charge is -1.99. The average molecular weight is 171 g/mol. The van der Waals surface area contributed by atoms with Crippen molar-refractivity contribution >= 4 is 11.8 Å². The van der Waals surface area contributed by atoms with Crippen LogP contribution in [0.3, 0.4) is 0 Å². The van der Waals surface area contributed by atoms with Gasteiger partial charge in [-0.05, 0) is 38.9 Å². The van der Waals surface area contributed by atoms with E-state index in [1.165, 1.54) is 30.6 Å². The van der Waals surface area contributed by atoms with Gasteiger partial charge in [-0.15, -0.1) is 0 Å². The Morgan fingerprint density at radius 3 is 2.55 bits per heavy atom. The Morgan fingerprint density at radius 2 is 2.00 bits per heavy atom. The minimum atomic E-state index is 1.28. The fourth-order valence-corrected chi connectivity index (χ4v) is 1.46. The van der Waals surface area contributed by atoms with E-state index >= 15 is 0 Å². The number of rotatable bonds is 6. The van der Waals surface area contributed by atoms with Gasteiger partial charge < -0.3 is 0 Å². The van der Waals surface area contributed by atoms with Crippen LogP contribution in [0.25, 0.3) is 0 Å². The van der Waals surface area contributed by atoms with Crippen LogP contribution in [0.1, 0.15) is 40.0 Å². The largest absolute Gasteiger partial charge is 0.158 e. The predicted octanol–water partition coefficient (Wildman–Crippen LogP) is 4.04. The quantitative estimate of drug-likeness (QED) is 0.429. The van der Waals surface area contributed by atoms with Crippen molar-refractivity contribution in [3.8, 4) is 0 Å². The molecule has 0 fully saturated rings. The summed E-state index contributed by atoms with van der Waals surface area (Å²) in [5.41, 5.74) is 1.52. The second kappa shape index (κ2) is 8.19. The van der Waals surface area contributed by atoms with Crippen molar-refractivity contribution in [3.05, 3.63) is 17.4 Å². The van der Waals surface area contributed by atoms with Crippen LogP contribution in [-0.2, 0) is 0 Å². The van der Waals surface area contributed by atoms with Gasteiger partial charge in [-0.25, -0.2) is 0 Å². The molecule has 0 saturated carbocycles. The van der Waals surface area contributed by atoms with Crippen molar-refractivity contribution in [1.29, 1.82) is 0 Å². The molecule has 0 rings (SSSR count). The Bertz CT molecular complexity index is 105. The van der Waals surface area contributed by atoms with Crippen molar-refractivity contribution in [3.63, 3.8) is 0 Å². The van der Waals surface area contributed by atoms with Crippen LogP contribution in [0.15, 0.2) is 11.6 Å². The smallest absolute Gasteiger partial charge is 0.0135 e. The molecular formula is C10H19S. The minimum absolute atomic E-state index is 1.28. The Kier molecular flexibility index (Phi) is 8.26. The highest BCUT2D eigenvalue weighted by Crippen LogP contribution is 2.11. The topological polar surface area (TPSA) is 0 Å². The van der Waals surface area contributed by atoms with E-state index in [1.807, 2.05) is 11.8 Å². The molecule has 0 aliphatic carbocycles. The van der Waals surface area contributed by atoms with E-state index < -0.39 is 0 Å². The molecule has 0 N–H and O–H groups in total. The molecule has 11 heavy (non-hydrogen) atoms. The molecule has 0 atom stereocenters. The van der Waals surface area contributed by atoms with Crippen molar-refractivity contribution in [2.45, 2.75) is 40.0 Å². The molecule has 65 valence electrons. The van der Waals surface area contributed by atoms with Crippen molar-refractivity contribution in [1.82, 2.24) is 0 Å². The molecule has 0 aromatic carbocycles. The SMILES string of the molecule is C[CH]SCCCC/C(C)=C/C. The molecule has 0 aromatic rings. The molecule has 0 aliphatic heterocycles. The molecule has 0 spiro atoms. The summed E-state index contributed by atoms with van der Waals surface area (Å²) in [5.74, 6) is 3.45. The van der Waals surface area contributed by atoms with Crippen molar-refractivity contribution in [2.75, 3.05) is 5.75 Å². The zero-order valence-corrected chi connectivity index (χ0v) is 8.71. The maximum atomic E-state index is 2.21. The van der Waals surface area contributed by atoms with Crippen LogP contribution in [0.5, 0.6) is 0 Å². The lowest BCUT2D eigenvalue weighted by atomic mass is 10.1. The number of allylic oxidation sites excluding steroid dienone is 2. The third-order valence-electron chi connectivity index (χ3n) is 1.74. The third kappa shape index (κ3) is 7.99. The Labute approximate surface area is 75.5 Å². The molecule has 1 heteroatoms. The van der Waals surface area contributed by atoms with Gasteiger partial charge in [0.05, 0.1) is 0 Å². The van der Waals surface area contributed by atoms with Crippen LogP contribution in [0.2, 0.25) is 0 Å². The summed E-state index contributed by atoms with van der Waals surface area (Å²) in [5, 5.41) is 0. The highest BCUT2D eigenvalue weighted by atomic mass is 32.2. The molecule has 0 aromatic heterocycles. The Morgan fingerprint density at radius 1 is 1.27 bits per heavy atom. The normalized spacial score (nSPS) is 12.1. The molecule has 0 unspecified atom stereocenters. The highest BCUT2D eigenvalue weighted by molar-refractivity contribution is 8.01. The molecule has 0 amide bonds. The fraction of sp³-hybridized carbons (Fsp3) is 0.700. The van der Waals surface area contributed by atoms with E-state index in [2.05, 4.69) is 32.6 Å². The van der Waals surface area contributed by atoms with Gasteiger partial charge in [-0.2, -0.15) is 11.8 Å². The zero-order chi connectivity index (χ0) is 8.53. The van der Waals surface area contributed by atoms with E-state index in [1.54, 1.807) is 0 Å². The highest BCUT2D eigenvalue weighted by Gasteiger charge is 1.89. The second-order valence-corrected chi connectivity index (χ2v) is 3.91. The summed E-state index contributed by atoms with van der Waals surface area (Å²) in [6.07, 6.45) is 6.18. The van der Waals surface area contributed by atoms with Crippen molar-refractivity contribution < 1.29 is 0 Å². The van der Waals surface area contributed by atoms with Gasteiger partial charge in [-0.3, -0.25) is 0 Å². The minimum Gasteiger partial charge on any atom is -0.158 e. The summed E-state index contributed by atoms with van der Waals surface area (Å²) in [4.78, 5) is 0. The van der Waals surface area contributed by atoms with Crippen LogP contribution in [0.4, 0.5) is 0 Å². The number of hydrogen-bond donors (Lipinski definition) is 0. The third-order valence-corrected chi connectivity index (χ3v) is 2.60. The maximum Gasteiger partial charge on any atom is 0.0135 e. The van der Waals surface area contributed by atoms with Crippen LogP contribution in [-0.4, -0.2) is 5.75 Å². The van der Waals surface area contributed by atoms with Gasteiger partial charge >= 0.3 is 0 Å². The van der Waals surface area contributed by atoms with Crippen LogP contribution in [0, 0.1) is 5.75 Å². The molecule has 0 saturated heterocycles. The summed E-state index contributed by atoms with van der Waals surface area (Å²) in [7, 11) is 0. The number of hydrogen-bond acceptors (Lipinski definition) is 1. The van der Waals surface area contributed by atoms with E-state index in [0.717, 1.165) is 0 Å². The fourth-order valence-electron chi connectivity index (χ4n) is 0.851. The van der Waals surface area contributed by atoms with Gasteiger partial charge in [0.15, 0.2) is 0 Å². The first-order valence-electron chi connectivity index (χ1n) is 4.32. The van der Waals surface area contributed by atoms with E-state index in [-0.39, 0.29) is 0 Å².